The van der Waals surface area contributed by atoms with Gasteiger partial charge < -0.3 is 9.84 Å². The van der Waals surface area contributed by atoms with Crippen LogP contribution in [0.25, 0.3) is 0 Å². The molecule has 1 N–H and O–H groups in total. The molecule has 0 unspecified atom stereocenters. The lowest BCUT2D eigenvalue weighted by molar-refractivity contribution is 0.145. The highest BCUT2D eigenvalue weighted by atomic mass is 35.5. The van der Waals surface area contributed by atoms with Crippen LogP contribution in [0.15, 0.2) is 6.20 Å². The number of methoxy groups -OCH3 is 1. The Morgan fingerprint density at radius 2 is 2.29 bits per heavy atom. The van der Waals surface area contributed by atoms with Gasteiger partial charge in [-0.05, 0) is 0 Å². The van der Waals surface area contributed by atoms with E-state index in [1.807, 2.05) is 0 Å². The molecular weight excluding hydrogens is 216 g/mol. The molecule has 1 heterocycles. The van der Waals surface area contributed by atoms with Crippen molar-refractivity contribution in [3.63, 3.8) is 0 Å². The second-order valence-corrected chi connectivity index (χ2v) is 2.83. The van der Waals surface area contributed by atoms with Gasteiger partial charge in [0.15, 0.2) is 10.9 Å². The largest absolute Gasteiger partial charge is 0.493 e. The van der Waals surface area contributed by atoms with Crippen molar-refractivity contribution < 1.29 is 18.6 Å². The summed E-state index contributed by atoms with van der Waals surface area (Å²) in [6.45, 7) is -0.564. The van der Waals surface area contributed by atoms with Crippen LogP contribution >= 0.6 is 11.6 Å². The van der Waals surface area contributed by atoms with Crippen molar-refractivity contribution in [2.24, 2.45) is 0 Å². The van der Waals surface area contributed by atoms with Crippen molar-refractivity contribution in [3.8, 4) is 5.75 Å². The van der Waals surface area contributed by atoms with Gasteiger partial charge >= 0.3 is 0 Å². The molecule has 0 spiro atoms. The third-order valence-electron chi connectivity index (χ3n) is 1.72. The van der Waals surface area contributed by atoms with Gasteiger partial charge in [-0.3, -0.25) is 0 Å². The molecule has 0 aliphatic carbocycles. The molecule has 3 nitrogen and oxygen atoms in total. The van der Waals surface area contributed by atoms with Gasteiger partial charge in [0.05, 0.1) is 13.7 Å². The SMILES string of the molecule is COc1c(Cl)ncc(C(F)F)c1CO. The van der Waals surface area contributed by atoms with E-state index in [-0.39, 0.29) is 22.0 Å². The predicted molar refractivity (Wildman–Crippen MR) is 46.7 cm³/mol. The number of aromatic nitrogens is 1. The van der Waals surface area contributed by atoms with Gasteiger partial charge in [0.2, 0.25) is 0 Å². The number of hydrogen-bond acceptors (Lipinski definition) is 3. The number of nitrogens with zero attached hydrogens (tertiary/aromatic N) is 1. The van der Waals surface area contributed by atoms with Crippen LogP contribution in [0.3, 0.4) is 0 Å². The molecule has 1 aromatic heterocycles. The Morgan fingerprint density at radius 1 is 1.64 bits per heavy atom. The van der Waals surface area contributed by atoms with Crippen LogP contribution < -0.4 is 4.74 Å². The van der Waals surface area contributed by atoms with Crippen molar-refractivity contribution in [1.82, 2.24) is 4.98 Å². The molecule has 0 amide bonds. The molecule has 0 aliphatic rings. The first kappa shape index (κ1) is 11.1. The maximum Gasteiger partial charge on any atom is 0.265 e. The van der Waals surface area contributed by atoms with Crippen LogP contribution in [0.2, 0.25) is 5.15 Å². The van der Waals surface area contributed by atoms with E-state index < -0.39 is 13.0 Å². The minimum atomic E-state index is -2.71. The summed E-state index contributed by atoms with van der Waals surface area (Å²) in [5.41, 5.74) is -0.392. The first-order valence-electron chi connectivity index (χ1n) is 3.72. The Balaban J connectivity index is 3.33. The highest BCUT2D eigenvalue weighted by Crippen LogP contribution is 2.33. The number of pyridine rings is 1. The van der Waals surface area contributed by atoms with E-state index >= 15 is 0 Å². The van der Waals surface area contributed by atoms with Crippen LogP contribution in [0.1, 0.15) is 17.6 Å². The maximum absolute atomic E-state index is 12.4. The van der Waals surface area contributed by atoms with E-state index in [1.165, 1.54) is 7.11 Å². The number of alkyl halides is 2. The molecule has 78 valence electrons. The maximum atomic E-state index is 12.4. The van der Waals surface area contributed by atoms with Crippen LogP contribution in [-0.4, -0.2) is 17.2 Å². The first-order valence-corrected chi connectivity index (χ1v) is 4.09. The van der Waals surface area contributed by atoms with Crippen molar-refractivity contribution in [2.75, 3.05) is 7.11 Å². The summed E-state index contributed by atoms with van der Waals surface area (Å²) < 4.78 is 29.6. The van der Waals surface area contributed by atoms with Gasteiger partial charge in [-0.25, -0.2) is 13.8 Å². The van der Waals surface area contributed by atoms with Crippen molar-refractivity contribution in [1.29, 1.82) is 0 Å². The molecule has 0 fully saturated rings. The standard InChI is InChI=1S/C8H8ClF2NO2/c1-14-6-5(3-13)4(8(10)11)2-12-7(6)9/h2,8,13H,3H2,1H3. The molecular formula is C8H8ClF2NO2. The van der Waals surface area contributed by atoms with E-state index in [4.69, 9.17) is 21.4 Å². The number of aliphatic hydroxyl groups excluding tert-OH is 1. The fraction of sp³-hybridized carbons (Fsp3) is 0.375. The van der Waals surface area contributed by atoms with Gasteiger partial charge in [0, 0.05) is 17.3 Å². The van der Waals surface area contributed by atoms with Gasteiger partial charge in [0.1, 0.15) is 0 Å². The number of aliphatic hydroxyl groups is 1. The number of rotatable bonds is 3. The highest BCUT2D eigenvalue weighted by Gasteiger charge is 2.19. The molecule has 1 aromatic rings. The molecule has 1 rings (SSSR count). The zero-order valence-electron chi connectivity index (χ0n) is 7.30. The third-order valence-corrected chi connectivity index (χ3v) is 1.99. The quantitative estimate of drug-likeness (QED) is 0.799. The summed E-state index contributed by atoms with van der Waals surface area (Å²) in [5.74, 6) is -0.00744. The van der Waals surface area contributed by atoms with Gasteiger partial charge in [0.25, 0.3) is 6.43 Å². The summed E-state index contributed by atoms with van der Waals surface area (Å²) in [7, 11) is 1.28. The lowest BCUT2D eigenvalue weighted by atomic mass is 10.1. The van der Waals surface area contributed by atoms with E-state index in [0.717, 1.165) is 6.20 Å². The molecule has 0 bridgehead atoms. The Bertz CT molecular complexity index is 333. The fourth-order valence-corrected chi connectivity index (χ4v) is 1.32. The molecule has 0 saturated heterocycles. The predicted octanol–water partition coefficient (Wildman–Crippen LogP) is 2.17. The Morgan fingerprint density at radius 3 is 2.71 bits per heavy atom. The van der Waals surface area contributed by atoms with E-state index in [0.29, 0.717) is 0 Å². The number of hydrogen-bond donors (Lipinski definition) is 1. The zero-order chi connectivity index (χ0) is 10.7. The van der Waals surface area contributed by atoms with Crippen molar-refractivity contribution in [2.45, 2.75) is 13.0 Å². The Hall–Kier alpha value is -0.940. The van der Waals surface area contributed by atoms with Gasteiger partial charge in [-0.15, -0.1) is 0 Å². The van der Waals surface area contributed by atoms with E-state index in [9.17, 15) is 8.78 Å². The molecule has 0 aliphatic heterocycles. The average Bonchev–Trinajstić information content (AvgIpc) is 2.16. The number of ether oxygens (including phenoxy) is 1. The minimum absolute atomic E-state index is 0.00744. The van der Waals surface area contributed by atoms with Gasteiger partial charge in [-0.2, -0.15) is 0 Å². The zero-order valence-corrected chi connectivity index (χ0v) is 8.05. The minimum Gasteiger partial charge on any atom is -0.493 e. The van der Waals surface area contributed by atoms with Crippen LogP contribution in [0.4, 0.5) is 8.78 Å². The van der Waals surface area contributed by atoms with Crippen molar-refractivity contribution in [3.05, 3.63) is 22.5 Å². The van der Waals surface area contributed by atoms with Gasteiger partial charge in [-0.1, -0.05) is 11.6 Å². The number of halogens is 3. The Kier molecular flexibility index (Phi) is 3.60. The highest BCUT2D eigenvalue weighted by molar-refractivity contribution is 6.30. The normalized spacial score (nSPS) is 10.7. The lowest BCUT2D eigenvalue weighted by Gasteiger charge is -2.11. The Labute approximate surface area is 84.3 Å². The summed E-state index contributed by atoms with van der Waals surface area (Å²) in [6, 6.07) is 0. The molecule has 14 heavy (non-hydrogen) atoms. The average molecular weight is 224 g/mol. The van der Waals surface area contributed by atoms with Crippen molar-refractivity contribution >= 4 is 11.6 Å². The molecule has 6 heteroatoms. The topological polar surface area (TPSA) is 42.4 Å². The molecule has 0 aromatic carbocycles. The first-order chi connectivity index (χ1) is 6.61. The summed E-state index contributed by atoms with van der Waals surface area (Å²) in [6.07, 6.45) is -1.78. The molecule has 0 atom stereocenters. The smallest absolute Gasteiger partial charge is 0.265 e. The lowest BCUT2D eigenvalue weighted by Crippen LogP contribution is -2.01. The van der Waals surface area contributed by atoms with E-state index in [2.05, 4.69) is 4.98 Å². The summed E-state index contributed by atoms with van der Waals surface area (Å²) >= 11 is 5.59. The van der Waals surface area contributed by atoms with Crippen LogP contribution in [-0.2, 0) is 6.61 Å². The van der Waals surface area contributed by atoms with Crippen LogP contribution in [0, 0.1) is 0 Å². The fourth-order valence-electron chi connectivity index (χ4n) is 1.08. The monoisotopic (exact) mass is 223 g/mol. The molecule has 0 radical (unpaired) electrons. The summed E-state index contributed by atoms with van der Waals surface area (Å²) in [5, 5.41) is 8.86. The summed E-state index contributed by atoms with van der Waals surface area (Å²) in [4.78, 5) is 3.53. The van der Waals surface area contributed by atoms with Crippen LogP contribution in [0.5, 0.6) is 5.75 Å². The second kappa shape index (κ2) is 4.52. The third kappa shape index (κ3) is 1.93. The van der Waals surface area contributed by atoms with E-state index in [1.54, 1.807) is 0 Å². The molecule has 0 saturated carbocycles. The second-order valence-electron chi connectivity index (χ2n) is 2.47.